The Kier molecular flexibility index (Phi) is 4.59. The highest BCUT2D eigenvalue weighted by atomic mass is 16.7. The van der Waals surface area contributed by atoms with Gasteiger partial charge in [-0.3, -0.25) is 0 Å². The summed E-state index contributed by atoms with van der Waals surface area (Å²) in [6.07, 6.45) is -0.339. The Bertz CT molecular complexity index is 432. The van der Waals surface area contributed by atoms with Crippen LogP contribution in [0.1, 0.15) is 0 Å². The first-order valence-electron chi connectivity index (χ1n) is 6.09. The lowest BCUT2D eigenvalue weighted by Crippen LogP contribution is -2.37. The Balaban J connectivity index is 1.92. The highest BCUT2D eigenvalue weighted by molar-refractivity contribution is 5.90. The number of carbonyl (C=O) groups excluding carboxylic acids is 1. The molecule has 1 aliphatic rings. The molecule has 0 atom stereocenters. The SMILES string of the molecule is COc1ccccc1NC(=O)N(C)CC1OCCO1. The second kappa shape index (κ2) is 6.40. The summed E-state index contributed by atoms with van der Waals surface area (Å²) in [5.74, 6) is 0.623. The summed E-state index contributed by atoms with van der Waals surface area (Å²) in [4.78, 5) is 13.5. The minimum Gasteiger partial charge on any atom is -0.495 e. The Labute approximate surface area is 112 Å². The number of urea groups is 1. The fourth-order valence-corrected chi connectivity index (χ4v) is 1.78. The largest absolute Gasteiger partial charge is 0.495 e. The van der Waals surface area contributed by atoms with Gasteiger partial charge in [-0.1, -0.05) is 12.1 Å². The third-order valence-electron chi connectivity index (χ3n) is 2.81. The van der Waals surface area contributed by atoms with E-state index in [0.29, 0.717) is 31.2 Å². The minimum atomic E-state index is -0.339. The molecule has 0 aromatic heterocycles. The molecule has 1 aliphatic heterocycles. The van der Waals surface area contributed by atoms with Crippen LogP contribution < -0.4 is 10.1 Å². The van der Waals surface area contributed by atoms with Gasteiger partial charge < -0.3 is 24.4 Å². The van der Waals surface area contributed by atoms with E-state index in [9.17, 15) is 4.79 Å². The molecule has 0 spiro atoms. The number of nitrogens with zero attached hydrogens (tertiary/aromatic N) is 1. The van der Waals surface area contributed by atoms with Gasteiger partial charge in [0.2, 0.25) is 0 Å². The van der Waals surface area contributed by atoms with Crippen molar-refractivity contribution in [2.75, 3.05) is 39.2 Å². The maximum atomic E-state index is 12.0. The molecule has 0 radical (unpaired) electrons. The molecule has 0 bridgehead atoms. The Morgan fingerprint density at radius 1 is 1.42 bits per heavy atom. The van der Waals surface area contributed by atoms with Crippen LogP contribution in [0.15, 0.2) is 24.3 Å². The molecule has 0 saturated carbocycles. The number of nitrogens with one attached hydrogen (secondary N) is 1. The average Bonchev–Trinajstić information content (AvgIpc) is 2.92. The number of ether oxygens (including phenoxy) is 3. The van der Waals surface area contributed by atoms with Crippen molar-refractivity contribution in [1.29, 1.82) is 0 Å². The number of para-hydroxylation sites is 2. The van der Waals surface area contributed by atoms with Gasteiger partial charge in [-0.05, 0) is 12.1 Å². The van der Waals surface area contributed by atoms with Gasteiger partial charge in [-0.15, -0.1) is 0 Å². The van der Waals surface area contributed by atoms with Crippen LogP contribution >= 0.6 is 0 Å². The van der Waals surface area contributed by atoms with Crippen molar-refractivity contribution in [3.05, 3.63) is 24.3 Å². The van der Waals surface area contributed by atoms with Crippen LogP contribution in [0, 0.1) is 0 Å². The summed E-state index contributed by atoms with van der Waals surface area (Å²) >= 11 is 0. The van der Waals surface area contributed by atoms with Gasteiger partial charge in [0.05, 0.1) is 32.6 Å². The monoisotopic (exact) mass is 266 g/mol. The predicted octanol–water partition coefficient (Wildman–Crippen LogP) is 1.53. The molecule has 1 aromatic carbocycles. The zero-order valence-electron chi connectivity index (χ0n) is 11.1. The Morgan fingerprint density at radius 2 is 2.11 bits per heavy atom. The lowest BCUT2D eigenvalue weighted by atomic mass is 10.3. The molecule has 1 N–H and O–H groups in total. The topological polar surface area (TPSA) is 60.0 Å². The second-order valence-corrected chi connectivity index (χ2v) is 4.18. The van der Waals surface area contributed by atoms with Gasteiger partial charge >= 0.3 is 6.03 Å². The van der Waals surface area contributed by atoms with E-state index in [-0.39, 0.29) is 12.3 Å². The van der Waals surface area contributed by atoms with Crippen LogP contribution in [0.2, 0.25) is 0 Å². The van der Waals surface area contributed by atoms with Crippen molar-refractivity contribution in [1.82, 2.24) is 4.90 Å². The van der Waals surface area contributed by atoms with E-state index in [2.05, 4.69) is 5.32 Å². The molecule has 1 fully saturated rings. The normalized spacial score (nSPS) is 15.3. The summed E-state index contributed by atoms with van der Waals surface area (Å²) in [5.41, 5.74) is 0.634. The number of anilines is 1. The number of benzene rings is 1. The highest BCUT2D eigenvalue weighted by Gasteiger charge is 2.21. The maximum Gasteiger partial charge on any atom is 0.321 e. The molecular formula is C13H18N2O4. The fraction of sp³-hybridized carbons (Fsp3) is 0.462. The molecule has 104 valence electrons. The number of amides is 2. The fourth-order valence-electron chi connectivity index (χ4n) is 1.78. The molecule has 1 aromatic rings. The van der Waals surface area contributed by atoms with Crippen molar-refractivity contribution < 1.29 is 19.0 Å². The van der Waals surface area contributed by atoms with E-state index in [1.54, 1.807) is 26.3 Å². The predicted molar refractivity (Wildman–Crippen MR) is 70.3 cm³/mol. The van der Waals surface area contributed by atoms with Gasteiger partial charge in [-0.25, -0.2) is 4.79 Å². The molecule has 1 saturated heterocycles. The van der Waals surface area contributed by atoms with E-state index in [1.807, 2.05) is 12.1 Å². The molecular weight excluding hydrogens is 248 g/mol. The van der Waals surface area contributed by atoms with Crippen molar-refractivity contribution in [2.24, 2.45) is 0 Å². The van der Waals surface area contributed by atoms with Crippen LogP contribution in [0.4, 0.5) is 10.5 Å². The molecule has 19 heavy (non-hydrogen) atoms. The summed E-state index contributed by atoms with van der Waals surface area (Å²) in [6, 6.07) is 7.02. The highest BCUT2D eigenvalue weighted by Crippen LogP contribution is 2.23. The maximum absolute atomic E-state index is 12.0. The molecule has 0 aliphatic carbocycles. The van der Waals surface area contributed by atoms with Gasteiger partial charge in [0.1, 0.15) is 5.75 Å². The van der Waals surface area contributed by atoms with Crippen LogP contribution in [0.3, 0.4) is 0 Å². The third-order valence-corrected chi connectivity index (χ3v) is 2.81. The van der Waals surface area contributed by atoms with Gasteiger partial charge in [0, 0.05) is 7.05 Å². The lowest BCUT2D eigenvalue weighted by molar-refractivity contribution is -0.0518. The average molecular weight is 266 g/mol. The first-order valence-corrected chi connectivity index (χ1v) is 6.09. The van der Waals surface area contributed by atoms with Crippen molar-refractivity contribution in [3.63, 3.8) is 0 Å². The van der Waals surface area contributed by atoms with E-state index in [0.717, 1.165) is 0 Å². The molecule has 2 amide bonds. The summed E-state index contributed by atoms with van der Waals surface area (Å²) in [7, 11) is 3.25. The zero-order valence-corrected chi connectivity index (χ0v) is 11.1. The van der Waals surface area contributed by atoms with Crippen molar-refractivity contribution in [2.45, 2.75) is 6.29 Å². The van der Waals surface area contributed by atoms with Gasteiger partial charge in [-0.2, -0.15) is 0 Å². The first-order chi connectivity index (χ1) is 9.20. The van der Waals surface area contributed by atoms with Crippen LogP contribution in [-0.4, -0.2) is 51.1 Å². The third kappa shape index (κ3) is 3.59. The number of hydrogen-bond acceptors (Lipinski definition) is 4. The number of carbonyl (C=O) groups is 1. The van der Waals surface area contributed by atoms with Gasteiger partial charge in [0.15, 0.2) is 6.29 Å². The van der Waals surface area contributed by atoms with Crippen molar-refractivity contribution in [3.8, 4) is 5.75 Å². The minimum absolute atomic E-state index is 0.233. The van der Waals surface area contributed by atoms with E-state index < -0.39 is 0 Å². The van der Waals surface area contributed by atoms with E-state index >= 15 is 0 Å². The summed E-state index contributed by atoms with van der Waals surface area (Å²) in [5, 5.41) is 2.79. The molecule has 1 heterocycles. The van der Waals surface area contributed by atoms with Crippen LogP contribution in [0.5, 0.6) is 5.75 Å². The number of methoxy groups -OCH3 is 1. The Morgan fingerprint density at radius 3 is 2.79 bits per heavy atom. The number of likely N-dealkylation sites (N-methyl/N-ethyl adjacent to an activating group) is 1. The summed E-state index contributed by atoms with van der Waals surface area (Å²) < 4.78 is 15.8. The van der Waals surface area contributed by atoms with E-state index in [4.69, 9.17) is 14.2 Å². The molecule has 6 heteroatoms. The van der Waals surface area contributed by atoms with Crippen LogP contribution in [0.25, 0.3) is 0 Å². The lowest BCUT2D eigenvalue weighted by Gasteiger charge is -2.21. The second-order valence-electron chi connectivity index (χ2n) is 4.18. The van der Waals surface area contributed by atoms with Gasteiger partial charge in [0.25, 0.3) is 0 Å². The number of hydrogen-bond donors (Lipinski definition) is 1. The smallest absolute Gasteiger partial charge is 0.321 e. The standard InChI is InChI=1S/C13H18N2O4/c1-15(9-12-18-7-8-19-12)13(16)14-10-5-3-4-6-11(10)17-2/h3-6,12H,7-9H2,1-2H3,(H,14,16). The first kappa shape index (κ1) is 13.6. The number of rotatable bonds is 4. The van der Waals surface area contributed by atoms with E-state index in [1.165, 1.54) is 4.90 Å². The quantitative estimate of drug-likeness (QED) is 0.898. The molecule has 6 nitrogen and oxygen atoms in total. The molecule has 0 unspecified atom stereocenters. The molecule has 2 rings (SSSR count). The Hall–Kier alpha value is -1.79. The van der Waals surface area contributed by atoms with Crippen molar-refractivity contribution >= 4 is 11.7 Å². The summed E-state index contributed by atoms with van der Waals surface area (Å²) in [6.45, 7) is 1.54. The zero-order chi connectivity index (χ0) is 13.7. The van der Waals surface area contributed by atoms with Crippen LogP contribution in [-0.2, 0) is 9.47 Å².